The molecule has 6 nitrogen and oxygen atoms in total. The highest BCUT2D eigenvalue weighted by Gasteiger charge is 2.27. The third-order valence-corrected chi connectivity index (χ3v) is 3.19. The normalized spacial score (nSPS) is 16.6. The number of nitrogens with zero attached hydrogens (tertiary/aromatic N) is 3. The lowest BCUT2D eigenvalue weighted by Gasteiger charge is -2.30. The molecule has 1 saturated heterocycles. The number of hydrogen-bond donors (Lipinski definition) is 1. The van der Waals surface area contributed by atoms with E-state index in [1.54, 1.807) is 4.90 Å². The minimum Gasteiger partial charge on any atom is -0.369 e. The van der Waals surface area contributed by atoms with Crippen molar-refractivity contribution in [1.29, 1.82) is 0 Å². The third-order valence-electron chi connectivity index (χ3n) is 3.01. The zero-order valence-electron chi connectivity index (χ0n) is 9.67. The summed E-state index contributed by atoms with van der Waals surface area (Å²) < 4.78 is 0. The molecule has 2 heterocycles. The van der Waals surface area contributed by atoms with E-state index in [0.717, 1.165) is 0 Å². The Morgan fingerprint density at radius 3 is 2.56 bits per heavy atom. The van der Waals surface area contributed by atoms with Crippen LogP contribution in [0.3, 0.4) is 0 Å². The van der Waals surface area contributed by atoms with Crippen LogP contribution in [-0.2, 0) is 4.79 Å². The van der Waals surface area contributed by atoms with Crippen LogP contribution in [-0.4, -0.2) is 39.8 Å². The van der Waals surface area contributed by atoms with Gasteiger partial charge in [0.2, 0.25) is 5.91 Å². The van der Waals surface area contributed by atoms with E-state index in [9.17, 15) is 9.59 Å². The Bertz CT molecular complexity index is 472. The number of carbonyl (C=O) groups is 2. The van der Waals surface area contributed by atoms with Crippen molar-refractivity contribution in [2.45, 2.75) is 12.8 Å². The van der Waals surface area contributed by atoms with Crippen molar-refractivity contribution in [3.8, 4) is 0 Å². The molecular weight excluding hydrogens is 256 g/mol. The summed E-state index contributed by atoms with van der Waals surface area (Å²) in [6, 6.07) is 0. The number of likely N-dealkylation sites (tertiary alicyclic amines) is 1. The molecule has 1 fully saturated rings. The van der Waals surface area contributed by atoms with Gasteiger partial charge in [0.15, 0.2) is 0 Å². The van der Waals surface area contributed by atoms with Crippen LogP contribution in [0.25, 0.3) is 0 Å². The van der Waals surface area contributed by atoms with Crippen molar-refractivity contribution in [3.63, 3.8) is 0 Å². The summed E-state index contributed by atoms with van der Waals surface area (Å²) in [5.74, 6) is -0.655. The Balaban J connectivity index is 2.02. The first-order valence-electron chi connectivity index (χ1n) is 5.64. The number of aromatic nitrogens is 2. The summed E-state index contributed by atoms with van der Waals surface area (Å²) in [5, 5.41) is 0.188. The van der Waals surface area contributed by atoms with Gasteiger partial charge in [-0.3, -0.25) is 14.6 Å². The first kappa shape index (κ1) is 12.8. The summed E-state index contributed by atoms with van der Waals surface area (Å²) >= 11 is 5.69. The summed E-state index contributed by atoms with van der Waals surface area (Å²) in [6.07, 6.45) is 3.94. The fourth-order valence-corrected chi connectivity index (χ4v) is 2.12. The second-order valence-corrected chi connectivity index (χ2v) is 4.58. The van der Waals surface area contributed by atoms with Crippen molar-refractivity contribution in [1.82, 2.24) is 14.9 Å². The van der Waals surface area contributed by atoms with Crippen LogP contribution in [0.4, 0.5) is 0 Å². The van der Waals surface area contributed by atoms with Crippen molar-refractivity contribution >= 4 is 23.4 Å². The monoisotopic (exact) mass is 268 g/mol. The average Bonchev–Trinajstić information content (AvgIpc) is 2.38. The van der Waals surface area contributed by atoms with Gasteiger partial charge in [-0.15, -0.1) is 0 Å². The maximum atomic E-state index is 12.1. The van der Waals surface area contributed by atoms with E-state index < -0.39 is 0 Å². The highest BCUT2D eigenvalue weighted by atomic mass is 35.5. The molecular formula is C11H13ClN4O2. The molecule has 0 bridgehead atoms. The minimum absolute atomic E-state index is 0.139. The van der Waals surface area contributed by atoms with Crippen LogP contribution in [0.1, 0.15) is 23.3 Å². The molecule has 96 valence electrons. The molecule has 1 aliphatic heterocycles. The summed E-state index contributed by atoms with van der Waals surface area (Å²) in [5.41, 5.74) is 5.46. The van der Waals surface area contributed by atoms with E-state index in [1.807, 2.05) is 0 Å². The Labute approximate surface area is 109 Å². The molecule has 0 atom stereocenters. The second-order valence-electron chi connectivity index (χ2n) is 4.20. The zero-order chi connectivity index (χ0) is 13.1. The number of nitrogens with two attached hydrogens (primary N) is 1. The van der Waals surface area contributed by atoms with E-state index in [2.05, 4.69) is 9.97 Å². The van der Waals surface area contributed by atoms with Crippen LogP contribution in [0.5, 0.6) is 0 Å². The van der Waals surface area contributed by atoms with Gasteiger partial charge in [0.1, 0.15) is 10.8 Å². The number of halogens is 1. The molecule has 0 aliphatic carbocycles. The van der Waals surface area contributed by atoms with Gasteiger partial charge in [-0.2, -0.15) is 0 Å². The molecule has 0 aromatic carbocycles. The Kier molecular flexibility index (Phi) is 3.76. The number of rotatable bonds is 2. The average molecular weight is 269 g/mol. The van der Waals surface area contributed by atoms with Gasteiger partial charge in [0.05, 0.1) is 12.4 Å². The van der Waals surface area contributed by atoms with E-state index in [1.165, 1.54) is 12.4 Å². The largest absolute Gasteiger partial charge is 0.369 e. The molecule has 1 aromatic rings. The van der Waals surface area contributed by atoms with Gasteiger partial charge in [-0.25, -0.2) is 4.98 Å². The van der Waals surface area contributed by atoms with E-state index in [-0.39, 0.29) is 28.6 Å². The molecule has 2 amide bonds. The quantitative estimate of drug-likeness (QED) is 0.844. The van der Waals surface area contributed by atoms with Crippen molar-refractivity contribution in [2.24, 2.45) is 11.7 Å². The summed E-state index contributed by atoms with van der Waals surface area (Å²) in [4.78, 5) is 32.5. The van der Waals surface area contributed by atoms with Gasteiger partial charge in [-0.1, -0.05) is 11.6 Å². The first-order chi connectivity index (χ1) is 8.58. The Hall–Kier alpha value is -1.69. The fourth-order valence-electron chi connectivity index (χ4n) is 1.97. The van der Waals surface area contributed by atoms with Gasteiger partial charge < -0.3 is 10.6 Å². The lowest BCUT2D eigenvalue weighted by Crippen LogP contribution is -2.42. The molecule has 2 rings (SSSR count). The number of hydrogen-bond acceptors (Lipinski definition) is 4. The molecule has 0 radical (unpaired) electrons. The smallest absolute Gasteiger partial charge is 0.274 e. The maximum Gasteiger partial charge on any atom is 0.274 e. The third kappa shape index (κ3) is 2.76. The van der Waals surface area contributed by atoms with Crippen molar-refractivity contribution in [3.05, 3.63) is 23.2 Å². The van der Waals surface area contributed by atoms with Crippen molar-refractivity contribution < 1.29 is 9.59 Å². The number of piperidine rings is 1. The molecule has 7 heteroatoms. The summed E-state index contributed by atoms with van der Waals surface area (Å²) in [7, 11) is 0. The lowest BCUT2D eigenvalue weighted by atomic mass is 9.96. The molecule has 1 aromatic heterocycles. The van der Waals surface area contributed by atoms with Crippen LogP contribution in [0.2, 0.25) is 5.15 Å². The zero-order valence-corrected chi connectivity index (χ0v) is 10.4. The topological polar surface area (TPSA) is 89.2 Å². The maximum absolute atomic E-state index is 12.1. The van der Waals surface area contributed by atoms with Crippen LogP contribution in [0.15, 0.2) is 12.4 Å². The molecule has 0 saturated carbocycles. The number of carbonyl (C=O) groups excluding carboxylic acids is 2. The molecule has 0 unspecified atom stereocenters. The van der Waals surface area contributed by atoms with E-state index in [4.69, 9.17) is 17.3 Å². The van der Waals surface area contributed by atoms with Crippen LogP contribution in [0, 0.1) is 5.92 Å². The fraction of sp³-hybridized carbons (Fsp3) is 0.455. The van der Waals surface area contributed by atoms with Gasteiger partial charge >= 0.3 is 0 Å². The lowest BCUT2D eigenvalue weighted by molar-refractivity contribution is -0.123. The van der Waals surface area contributed by atoms with E-state index in [0.29, 0.717) is 25.9 Å². The Morgan fingerprint density at radius 2 is 2.00 bits per heavy atom. The van der Waals surface area contributed by atoms with Crippen LogP contribution >= 0.6 is 11.6 Å². The SMILES string of the molecule is NC(=O)C1CCN(C(=O)c2cncc(Cl)n2)CC1. The number of primary amides is 1. The minimum atomic E-state index is -0.301. The second kappa shape index (κ2) is 5.30. The molecule has 2 N–H and O–H groups in total. The molecule has 0 spiro atoms. The highest BCUT2D eigenvalue weighted by molar-refractivity contribution is 6.29. The predicted molar refractivity (Wildman–Crippen MR) is 64.9 cm³/mol. The van der Waals surface area contributed by atoms with Gasteiger partial charge in [0.25, 0.3) is 5.91 Å². The summed E-state index contributed by atoms with van der Waals surface area (Å²) in [6.45, 7) is 1.00. The predicted octanol–water partition coefficient (Wildman–Crippen LogP) is 0.467. The van der Waals surface area contributed by atoms with Gasteiger partial charge in [-0.05, 0) is 12.8 Å². The molecule has 18 heavy (non-hydrogen) atoms. The van der Waals surface area contributed by atoms with Crippen molar-refractivity contribution in [2.75, 3.05) is 13.1 Å². The van der Waals surface area contributed by atoms with E-state index >= 15 is 0 Å². The molecule has 1 aliphatic rings. The first-order valence-corrected chi connectivity index (χ1v) is 6.02. The van der Waals surface area contributed by atoms with Gasteiger partial charge in [0, 0.05) is 19.0 Å². The van der Waals surface area contributed by atoms with Crippen LogP contribution < -0.4 is 5.73 Å². The number of amides is 2. The highest BCUT2D eigenvalue weighted by Crippen LogP contribution is 2.18. The Morgan fingerprint density at radius 1 is 1.33 bits per heavy atom. The standard InChI is InChI=1S/C11H13ClN4O2/c12-9-6-14-5-8(15-9)11(18)16-3-1-7(2-4-16)10(13)17/h5-7H,1-4H2,(H2,13,17).